The summed E-state index contributed by atoms with van der Waals surface area (Å²) in [5.74, 6) is 0. The molecule has 0 fully saturated rings. The molecule has 2 aliphatic carbocycles. The molecule has 2 atom stereocenters. The van der Waals surface area contributed by atoms with E-state index in [1.165, 1.54) is 16.4 Å². The van der Waals surface area contributed by atoms with E-state index in [-0.39, 0.29) is 24.8 Å². The monoisotopic (exact) mass is 446 g/mol. The SMILES string of the molecule is C1=C[CH]([Zr+2][CH]2C=Cc3ccccc32)c2ccccc21.C[CH2][Al].[Cl-].[Cl-]. The molecule has 2 aromatic rings. The topological polar surface area (TPSA) is 0 Å². The quantitative estimate of drug-likeness (QED) is 0.529. The van der Waals surface area contributed by atoms with Crippen LogP contribution < -0.4 is 24.8 Å². The van der Waals surface area contributed by atoms with Crippen LogP contribution in [0.5, 0.6) is 0 Å². The van der Waals surface area contributed by atoms with Crippen LogP contribution in [0.4, 0.5) is 0 Å². The van der Waals surface area contributed by atoms with Crippen molar-refractivity contribution in [2.75, 3.05) is 0 Å². The molecule has 4 rings (SSSR count). The van der Waals surface area contributed by atoms with Crippen molar-refractivity contribution in [3.05, 3.63) is 82.9 Å². The summed E-state index contributed by atoms with van der Waals surface area (Å²) in [6.45, 7) is 2.09. The minimum atomic E-state index is -0.542. The molecule has 0 heterocycles. The van der Waals surface area contributed by atoms with Crippen molar-refractivity contribution < 1.29 is 48.0 Å². The number of allylic oxidation sites excluding steroid dienone is 2. The van der Waals surface area contributed by atoms with Gasteiger partial charge in [0.15, 0.2) is 0 Å². The minimum Gasteiger partial charge on any atom is -1.00 e. The van der Waals surface area contributed by atoms with Crippen LogP contribution in [0.3, 0.4) is 0 Å². The summed E-state index contributed by atoms with van der Waals surface area (Å²) in [6, 6.07) is 17.7. The summed E-state index contributed by atoms with van der Waals surface area (Å²) in [7, 11) is 0. The predicted molar refractivity (Wildman–Crippen MR) is 92.7 cm³/mol. The summed E-state index contributed by atoms with van der Waals surface area (Å²) in [5, 5.41) is 1.17. The van der Waals surface area contributed by atoms with Crippen molar-refractivity contribution in [2.24, 2.45) is 0 Å². The predicted octanol–water partition coefficient (Wildman–Crippen LogP) is -0.794. The van der Waals surface area contributed by atoms with E-state index in [1.807, 2.05) is 0 Å². The van der Waals surface area contributed by atoms with Gasteiger partial charge in [0.05, 0.1) is 0 Å². The Bertz CT molecular complexity index is 653. The number of benzene rings is 2. The number of rotatable bonds is 2. The Labute approximate surface area is 177 Å². The van der Waals surface area contributed by atoms with Crippen molar-refractivity contribution >= 4 is 28.4 Å². The summed E-state index contributed by atoms with van der Waals surface area (Å²) >= 11 is 2.04. The average molecular weight is 448 g/mol. The van der Waals surface area contributed by atoms with Crippen LogP contribution in [0.2, 0.25) is 5.28 Å². The first kappa shape index (κ1) is 22.0. The first-order chi connectivity index (χ1) is 10.8. The largest absolute Gasteiger partial charge is 1.00 e. The van der Waals surface area contributed by atoms with Gasteiger partial charge in [0.25, 0.3) is 0 Å². The fourth-order valence-corrected chi connectivity index (χ4v) is 7.13. The molecule has 0 saturated carbocycles. The van der Waals surface area contributed by atoms with Gasteiger partial charge in [0.1, 0.15) is 16.3 Å². The third kappa shape index (κ3) is 4.97. The van der Waals surface area contributed by atoms with E-state index < -0.39 is 23.2 Å². The van der Waals surface area contributed by atoms with Crippen LogP contribution in [0.1, 0.15) is 36.4 Å². The van der Waals surface area contributed by atoms with Gasteiger partial charge in [0, 0.05) is 0 Å². The number of fused-ring (bicyclic) bond motifs is 2. The maximum atomic E-state index is 2.58. The van der Waals surface area contributed by atoms with Crippen molar-refractivity contribution in [1.29, 1.82) is 0 Å². The van der Waals surface area contributed by atoms with E-state index >= 15 is 0 Å². The van der Waals surface area contributed by atoms with Gasteiger partial charge in [0.2, 0.25) is 0 Å². The zero-order chi connectivity index (χ0) is 15.4. The van der Waals surface area contributed by atoms with Gasteiger partial charge < -0.3 is 24.8 Å². The molecule has 4 heteroatoms. The van der Waals surface area contributed by atoms with Crippen molar-refractivity contribution in [3.63, 3.8) is 0 Å². The third-order valence-electron chi connectivity index (χ3n) is 3.96. The molecule has 0 amide bonds. The van der Waals surface area contributed by atoms with Crippen LogP contribution in [-0.4, -0.2) is 16.3 Å². The smallest absolute Gasteiger partial charge is 0.117 e. The van der Waals surface area contributed by atoms with Gasteiger partial charge in [-0.1, -0.05) is 6.92 Å². The van der Waals surface area contributed by atoms with Crippen molar-refractivity contribution in [3.8, 4) is 0 Å². The molecule has 2 aliphatic rings. The van der Waals surface area contributed by atoms with Crippen molar-refractivity contribution in [1.82, 2.24) is 0 Å². The second-order valence-corrected chi connectivity index (χ2v) is 10.2. The fourth-order valence-electron chi connectivity index (χ4n) is 2.98. The summed E-state index contributed by atoms with van der Waals surface area (Å²) in [4.78, 5) is 0. The van der Waals surface area contributed by atoms with Gasteiger partial charge in [-0.05, 0) is 0 Å². The minimum absolute atomic E-state index is 0. The molecule has 0 bridgehead atoms. The second-order valence-electron chi connectivity index (χ2n) is 5.51. The second kappa shape index (κ2) is 10.8. The Hall–Kier alpha value is -0.0844. The number of hydrogen-bond acceptors (Lipinski definition) is 0. The number of hydrogen-bond donors (Lipinski definition) is 0. The summed E-state index contributed by atoms with van der Waals surface area (Å²) in [5.41, 5.74) is 5.99. The first-order valence-electron chi connectivity index (χ1n) is 7.84. The van der Waals surface area contributed by atoms with Crippen LogP contribution >= 0.6 is 0 Å². The molecule has 0 N–H and O–H groups in total. The van der Waals surface area contributed by atoms with E-state index in [2.05, 4.69) is 96.0 Å². The Morgan fingerprint density at radius 1 is 0.792 bits per heavy atom. The molecular weight excluding hydrogens is 429 g/mol. The van der Waals surface area contributed by atoms with E-state index in [0.29, 0.717) is 0 Å². The molecule has 24 heavy (non-hydrogen) atoms. The molecule has 0 spiro atoms. The standard InChI is InChI=1S/2C9H7.C2H5.Al.2ClH.Zr/c2*1-2-5-9-7-3-6-8(9)4-1;1-2;;;;/h2*1-7H;1H2,2H3;;2*1H;/q;;;;;;+2/p-2. The summed E-state index contributed by atoms with van der Waals surface area (Å²) in [6.07, 6.45) is 9.49. The average Bonchev–Trinajstić information content (AvgIpc) is 3.14. The maximum absolute atomic E-state index is 2.58. The molecule has 2 radical (unpaired) electrons. The van der Waals surface area contributed by atoms with E-state index in [9.17, 15) is 0 Å². The third-order valence-corrected chi connectivity index (χ3v) is 8.20. The van der Waals surface area contributed by atoms with Crippen LogP contribution in [0.25, 0.3) is 12.2 Å². The normalized spacial score (nSPS) is 18.2. The van der Waals surface area contributed by atoms with Gasteiger partial charge in [-0.3, -0.25) is 0 Å². The zero-order valence-electron chi connectivity index (χ0n) is 13.6. The maximum Gasteiger partial charge on any atom is 0.117 e. The van der Waals surface area contributed by atoms with Crippen LogP contribution in [0, 0.1) is 0 Å². The molecule has 0 aromatic heterocycles. The van der Waals surface area contributed by atoms with Crippen LogP contribution in [-0.2, 0) is 23.2 Å². The Kier molecular flexibility index (Phi) is 9.89. The molecule has 2 aromatic carbocycles. The van der Waals surface area contributed by atoms with E-state index in [0.717, 1.165) is 7.25 Å². The van der Waals surface area contributed by atoms with E-state index in [1.54, 1.807) is 11.1 Å². The number of halogens is 2. The van der Waals surface area contributed by atoms with E-state index in [4.69, 9.17) is 0 Å². The van der Waals surface area contributed by atoms with Gasteiger partial charge in [-0.15, -0.1) is 5.28 Å². The van der Waals surface area contributed by atoms with Gasteiger partial charge in [-0.2, -0.15) is 0 Å². The van der Waals surface area contributed by atoms with Crippen molar-refractivity contribution in [2.45, 2.75) is 19.5 Å². The molecule has 0 nitrogen and oxygen atoms in total. The zero-order valence-corrected chi connectivity index (χ0v) is 18.7. The van der Waals surface area contributed by atoms with Crippen LogP contribution in [0.15, 0.2) is 60.7 Å². The summed E-state index contributed by atoms with van der Waals surface area (Å²) < 4.78 is 1.47. The fraction of sp³-hybridized carbons (Fsp3) is 0.200. The molecule has 120 valence electrons. The molecule has 0 aliphatic heterocycles. The molecular formula is C20H19AlCl2Zr. The van der Waals surface area contributed by atoms with Gasteiger partial charge >= 0.3 is 126 Å². The Balaban J connectivity index is 0.000000539. The molecule has 0 saturated heterocycles. The Morgan fingerprint density at radius 2 is 1.17 bits per heavy atom. The first-order valence-corrected chi connectivity index (χ1v) is 11.5. The Morgan fingerprint density at radius 3 is 1.58 bits per heavy atom. The molecule has 2 unspecified atom stereocenters. The van der Waals surface area contributed by atoms with Gasteiger partial charge in [-0.25, -0.2) is 0 Å².